The van der Waals surface area contributed by atoms with Crippen LogP contribution in [0.15, 0.2) is 71.2 Å². The molecule has 1 aliphatic rings. The molecule has 1 N–H and O–H groups in total. The molecule has 6 nitrogen and oxygen atoms in total. The number of thiophene rings is 1. The maximum absolute atomic E-state index is 13.2. The van der Waals surface area contributed by atoms with Crippen LogP contribution in [0.5, 0.6) is 0 Å². The molecular formula is C26H31N3O3S2. The van der Waals surface area contributed by atoms with Crippen molar-refractivity contribution in [2.75, 3.05) is 13.1 Å². The van der Waals surface area contributed by atoms with Gasteiger partial charge >= 0.3 is 0 Å². The van der Waals surface area contributed by atoms with E-state index in [-0.39, 0.29) is 22.8 Å². The normalized spacial score (nSPS) is 17.2. The average Bonchev–Trinajstić information content (AvgIpc) is 3.42. The molecule has 2 aromatic heterocycles. The summed E-state index contributed by atoms with van der Waals surface area (Å²) in [5, 5.41) is 5.26. The number of nitrogens with one attached hydrogen (secondary N) is 1. The molecule has 0 spiro atoms. The minimum Gasteiger partial charge on any atom is -0.344 e. The summed E-state index contributed by atoms with van der Waals surface area (Å²) in [4.78, 5) is 18.4. The van der Waals surface area contributed by atoms with Crippen LogP contribution in [0.4, 0.5) is 0 Å². The lowest BCUT2D eigenvalue weighted by molar-refractivity contribution is -0.126. The summed E-state index contributed by atoms with van der Waals surface area (Å²) >= 11 is 1.62. The first kappa shape index (κ1) is 24.6. The first-order valence-electron chi connectivity index (χ1n) is 11.7. The SMILES string of the molecule is CCC(C)c1ccc(C(NC(=O)C2CCN(S(=O)(=O)c3cccnc3)CC2)c2cccs2)cc1. The van der Waals surface area contributed by atoms with Gasteiger partial charge in [0, 0.05) is 36.3 Å². The fourth-order valence-electron chi connectivity index (χ4n) is 4.29. The second-order valence-corrected chi connectivity index (χ2v) is 11.7. The maximum atomic E-state index is 13.2. The molecular weight excluding hydrogens is 466 g/mol. The smallest absolute Gasteiger partial charge is 0.244 e. The summed E-state index contributed by atoms with van der Waals surface area (Å²) in [6, 6.07) is 15.5. The molecule has 3 aromatic rings. The molecule has 0 radical (unpaired) electrons. The zero-order valence-corrected chi connectivity index (χ0v) is 21.2. The van der Waals surface area contributed by atoms with Crippen LogP contribution in [0.25, 0.3) is 0 Å². The zero-order chi connectivity index (χ0) is 24.1. The Hall–Kier alpha value is -2.55. The van der Waals surface area contributed by atoms with E-state index >= 15 is 0 Å². The Kier molecular flexibility index (Phi) is 7.80. The topological polar surface area (TPSA) is 79.4 Å². The Bertz CT molecular complexity index is 1170. The molecule has 180 valence electrons. The number of benzene rings is 1. The summed E-state index contributed by atoms with van der Waals surface area (Å²) in [5.74, 6) is 0.252. The minimum atomic E-state index is -3.59. The molecule has 3 heterocycles. The Morgan fingerprint density at radius 3 is 2.41 bits per heavy atom. The number of aromatic nitrogens is 1. The molecule has 34 heavy (non-hydrogen) atoms. The lowest BCUT2D eigenvalue weighted by atomic mass is 9.94. The zero-order valence-electron chi connectivity index (χ0n) is 19.6. The van der Waals surface area contributed by atoms with Gasteiger partial charge in [-0.15, -0.1) is 11.3 Å². The van der Waals surface area contributed by atoms with Gasteiger partial charge in [-0.1, -0.05) is 44.2 Å². The molecule has 1 aliphatic heterocycles. The fourth-order valence-corrected chi connectivity index (χ4v) is 6.53. The highest BCUT2D eigenvalue weighted by molar-refractivity contribution is 7.89. The molecule has 2 atom stereocenters. The maximum Gasteiger partial charge on any atom is 0.244 e. The predicted molar refractivity (Wildman–Crippen MR) is 135 cm³/mol. The van der Waals surface area contributed by atoms with E-state index in [0.717, 1.165) is 16.9 Å². The third-order valence-electron chi connectivity index (χ3n) is 6.66. The number of sulfonamides is 1. The van der Waals surface area contributed by atoms with Gasteiger partial charge < -0.3 is 5.32 Å². The van der Waals surface area contributed by atoms with Crippen molar-refractivity contribution in [2.45, 2.75) is 50.0 Å². The number of carbonyl (C=O) groups excluding carboxylic acids is 1. The van der Waals surface area contributed by atoms with Gasteiger partial charge in [-0.2, -0.15) is 4.31 Å². The predicted octanol–water partition coefficient (Wildman–Crippen LogP) is 4.96. The Balaban J connectivity index is 1.44. The Labute approximate surface area is 206 Å². The van der Waals surface area contributed by atoms with Crippen LogP contribution in [-0.2, 0) is 14.8 Å². The lowest BCUT2D eigenvalue weighted by Gasteiger charge is -2.31. The Morgan fingerprint density at radius 2 is 1.82 bits per heavy atom. The molecule has 0 saturated carbocycles. The van der Waals surface area contributed by atoms with Gasteiger partial charge in [0.15, 0.2) is 0 Å². The number of piperidine rings is 1. The van der Waals surface area contributed by atoms with E-state index < -0.39 is 10.0 Å². The van der Waals surface area contributed by atoms with Crippen molar-refractivity contribution in [3.8, 4) is 0 Å². The summed E-state index contributed by atoms with van der Waals surface area (Å²) in [6.07, 6.45) is 4.99. The van der Waals surface area contributed by atoms with E-state index in [1.165, 1.54) is 16.1 Å². The van der Waals surface area contributed by atoms with E-state index in [4.69, 9.17) is 0 Å². The highest BCUT2D eigenvalue weighted by atomic mass is 32.2. The summed E-state index contributed by atoms with van der Waals surface area (Å²) in [6.45, 7) is 5.04. The molecule has 1 fully saturated rings. The van der Waals surface area contributed by atoms with E-state index in [0.29, 0.717) is 31.8 Å². The van der Waals surface area contributed by atoms with Crippen LogP contribution in [-0.4, -0.2) is 36.7 Å². The number of pyridine rings is 1. The second-order valence-electron chi connectivity index (χ2n) is 8.80. The first-order chi connectivity index (χ1) is 16.4. The van der Waals surface area contributed by atoms with Crippen molar-refractivity contribution in [1.82, 2.24) is 14.6 Å². The van der Waals surface area contributed by atoms with Gasteiger partial charge in [-0.05, 0) is 59.9 Å². The third-order valence-corrected chi connectivity index (χ3v) is 9.48. The van der Waals surface area contributed by atoms with Gasteiger partial charge in [0.1, 0.15) is 4.90 Å². The molecule has 1 saturated heterocycles. The van der Waals surface area contributed by atoms with Gasteiger partial charge in [-0.3, -0.25) is 9.78 Å². The van der Waals surface area contributed by atoms with Gasteiger partial charge in [0.05, 0.1) is 6.04 Å². The summed E-state index contributed by atoms with van der Waals surface area (Å²) in [7, 11) is -3.59. The van der Waals surface area contributed by atoms with Gasteiger partial charge in [0.2, 0.25) is 15.9 Å². The van der Waals surface area contributed by atoms with E-state index in [1.54, 1.807) is 29.7 Å². The summed E-state index contributed by atoms with van der Waals surface area (Å²) < 4.78 is 27.2. The molecule has 4 rings (SSSR count). The molecule has 0 aliphatic carbocycles. The molecule has 1 amide bonds. The van der Waals surface area contributed by atoms with E-state index in [9.17, 15) is 13.2 Å². The van der Waals surface area contributed by atoms with Crippen LogP contribution in [0, 0.1) is 5.92 Å². The van der Waals surface area contributed by atoms with E-state index in [1.807, 2.05) is 17.5 Å². The number of amides is 1. The minimum absolute atomic E-state index is 0.0252. The highest BCUT2D eigenvalue weighted by Crippen LogP contribution is 2.30. The van der Waals surface area contributed by atoms with Crippen molar-refractivity contribution < 1.29 is 13.2 Å². The number of rotatable bonds is 8. The van der Waals surface area contributed by atoms with Crippen molar-refractivity contribution in [3.63, 3.8) is 0 Å². The van der Waals surface area contributed by atoms with Crippen molar-refractivity contribution >= 4 is 27.3 Å². The van der Waals surface area contributed by atoms with Gasteiger partial charge in [-0.25, -0.2) is 8.42 Å². The summed E-state index contributed by atoms with van der Waals surface area (Å²) in [5.41, 5.74) is 2.35. The number of hydrogen-bond acceptors (Lipinski definition) is 5. The first-order valence-corrected chi connectivity index (χ1v) is 14.1. The molecule has 8 heteroatoms. The van der Waals surface area contributed by atoms with Crippen molar-refractivity contribution in [1.29, 1.82) is 0 Å². The number of hydrogen-bond donors (Lipinski definition) is 1. The fraction of sp³-hybridized carbons (Fsp3) is 0.385. The van der Waals surface area contributed by atoms with Crippen molar-refractivity contribution in [3.05, 3.63) is 82.3 Å². The second kappa shape index (κ2) is 10.8. The molecule has 2 unspecified atom stereocenters. The third kappa shape index (κ3) is 5.40. The highest BCUT2D eigenvalue weighted by Gasteiger charge is 2.33. The Morgan fingerprint density at radius 1 is 1.12 bits per heavy atom. The van der Waals surface area contributed by atoms with E-state index in [2.05, 4.69) is 48.4 Å². The standard InChI is InChI=1S/C26H31N3O3S2/c1-3-19(2)20-8-10-21(11-9-20)25(24-7-5-17-33-24)28-26(30)22-12-15-29(16-13-22)34(31,32)23-6-4-14-27-18-23/h4-11,14,17-19,22,25H,3,12-13,15-16H2,1-2H3,(H,28,30). The van der Waals surface area contributed by atoms with Crippen LogP contribution < -0.4 is 5.32 Å². The van der Waals surface area contributed by atoms with Crippen LogP contribution in [0.2, 0.25) is 0 Å². The molecule has 0 bridgehead atoms. The lowest BCUT2D eigenvalue weighted by Crippen LogP contribution is -2.43. The number of nitrogens with zero attached hydrogens (tertiary/aromatic N) is 2. The number of carbonyl (C=O) groups is 1. The van der Waals surface area contributed by atoms with Crippen LogP contribution in [0.3, 0.4) is 0 Å². The van der Waals surface area contributed by atoms with Crippen LogP contribution in [0.1, 0.15) is 61.1 Å². The van der Waals surface area contributed by atoms with Crippen LogP contribution >= 0.6 is 11.3 Å². The van der Waals surface area contributed by atoms with Crippen molar-refractivity contribution in [2.24, 2.45) is 5.92 Å². The average molecular weight is 498 g/mol. The largest absolute Gasteiger partial charge is 0.344 e. The quantitative estimate of drug-likeness (QED) is 0.477. The molecule has 1 aromatic carbocycles. The van der Waals surface area contributed by atoms with Gasteiger partial charge in [0.25, 0.3) is 0 Å². The monoisotopic (exact) mass is 497 g/mol.